The molecule has 1 fully saturated rings. The predicted molar refractivity (Wildman–Crippen MR) is 114 cm³/mol. The highest BCUT2D eigenvalue weighted by Crippen LogP contribution is 2.32. The lowest BCUT2D eigenvalue weighted by Crippen LogP contribution is -2.57. The van der Waals surface area contributed by atoms with E-state index >= 15 is 0 Å². The highest BCUT2D eigenvalue weighted by atomic mass is 32.3. The molecule has 3 rings (SSSR count). The zero-order valence-electron chi connectivity index (χ0n) is 16.4. The van der Waals surface area contributed by atoms with Crippen molar-refractivity contribution < 1.29 is 55.4 Å². The summed E-state index contributed by atoms with van der Waals surface area (Å²) in [5, 5.41) is 42.8. The molecule has 0 radical (unpaired) electrons. The molecule has 1 aromatic heterocycles. The summed E-state index contributed by atoms with van der Waals surface area (Å²) in [5.74, 6) is 0. The van der Waals surface area contributed by atoms with Crippen LogP contribution in [0.4, 0.5) is 0 Å². The molecule has 5 unspecified atom stereocenters. The van der Waals surface area contributed by atoms with Gasteiger partial charge in [0.15, 0.2) is 0 Å². The van der Waals surface area contributed by atoms with Crippen LogP contribution in [-0.2, 0) is 36.1 Å². The fourth-order valence-electron chi connectivity index (χ4n) is 3.20. The number of aliphatic hydroxyl groups is 4. The van der Waals surface area contributed by atoms with Gasteiger partial charge in [-0.15, -0.1) is 0 Å². The van der Waals surface area contributed by atoms with Crippen molar-refractivity contribution in [2.45, 2.75) is 36.3 Å². The lowest BCUT2D eigenvalue weighted by molar-refractivity contribution is -0.205. The highest BCUT2D eigenvalue weighted by molar-refractivity contribution is 8.14. The Kier molecular flexibility index (Phi) is 7.68. The molecule has 2 aromatic rings. The van der Waals surface area contributed by atoms with Crippen LogP contribution in [0.2, 0.25) is 0 Å². The molecule has 1 aliphatic heterocycles. The maximum Gasteiger partial charge on any atom is 0.466 e. The summed E-state index contributed by atoms with van der Waals surface area (Å²) in [6.07, 6.45) is -5.61. The van der Waals surface area contributed by atoms with Gasteiger partial charge in [0.2, 0.25) is 0 Å². The standard InChI is InChI=1S/C16H20N2O12S3/c19-7-11-13(20)14(21)15(22)16(29-11)31-12(17-30-33(26,27)28)5-8-6-18(32(23,24)25)10-4-2-1-3-9(8)10/h1-4,6,11,13-16,19-22H,5,7H2,(H,23,24,25)(H,26,27,28)/b17-12-. The summed E-state index contributed by atoms with van der Waals surface area (Å²) in [5.41, 5.74) is -1.06. The van der Waals surface area contributed by atoms with Gasteiger partial charge in [-0.1, -0.05) is 35.1 Å². The number of fused-ring (bicyclic) bond motifs is 1. The fraction of sp³-hybridized carbons (Fsp3) is 0.438. The van der Waals surface area contributed by atoms with E-state index in [0.29, 0.717) is 21.1 Å². The van der Waals surface area contributed by atoms with Crippen LogP contribution in [0.5, 0.6) is 0 Å². The Morgan fingerprint density at radius 1 is 1.09 bits per heavy atom. The lowest BCUT2D eigenvalue weighted by atomic mass is 10.0. The third kappa shape index (κ3) is 6.01. The number of hydrogen-bond acceptors (Lipinski definition) is 12. The number of para-hydroxylation sites is 1. The molecule has 0 saturated carbocycles. The van der Waals surface area contributed by atoms with Gasteiger partial charge in [0, 0.05) is 18.0 Å². The SMILES string of the molecule is O=S(=O)(O)O/N=C(/Cc1cn(S(=O)(=O)O)c2ccccc12)SC1OC(CO)C(O)C(O)C1O. The van der Waals surface area contributed by atoms with Gasteiger partial charge in [0.05, 0.1) is 12.1 Å². The molecule has 0 bridgehead atoms. The number of hydrogen-bond donors (Lipinski definition) is 6. The topological polar surface area (TPSA) is 225 Å². The van der Waals surface area contributed by atoms with Crippen LogP contribution in [0.3, 0.4) is 0 Å². The molecular weight excluding hydrogens is 508 g/mol. The van der Waals surface area contributed by atoms with Crippen LogP contribution in [0.1, 0.15) is 5.56 Å². The second-order valence-corrected chi connectivity index (χ2v) is 10.4. The van der Waals surface area contributed by atoms with Crippen LogP contribution < -0.4 is 0 Å². The van der Waals surface area contributed by atoms with E-state index in [9.17, 15) is 41.8 Å². The molecule has 0 aliphatic carbocycles. The van der Waals surface area contributed by atoms with Crippen molar-refractivity contribution in [3.63, 3.8) is 0 Å². The maximum atomic E-state index is 11.7. The van der Waals surface area contributed by atoms with Gasteiger partial charge in [-0.05, 0) is 11.6 Å². The maximum absolute atomic E-state index is 11.7. The molecule has 1 saturated heterocycles. The quantitative estimate of drug-likeness (QED) is 0.104. The lowest BCUT2D eigenvalue weighted by Gasteiger charge is -2.39. The second kappa shape index (κ2) is 9.82. The van der Waals surface area contributed by atoms with Crippen LogP contribution >= 0.6 is 11.8 Å². The first kappa shape index (κ1) is 25.8. The number of rotatable bonds is 7. The minimum atomic E-state index is -5.04. The average Bonchev–Trinajstić information content (AvgIpc) is 3.11. The van der Waals surface area contributed by atoms with E-state index in [2.05, 4.69) is 9.44 Å². The van der Waals surface area contributed by atoms with Crippen molar-refractivity contribution in [1.82, 2.24) is 3.97 Å². The Morgan fingerprint density at radius 3 is 2.36 bits per heavy atom. The van der Waals surface area contributed by atoms with Gasteiger partial charge in [-0.25, -0.2) is 8.26 Å². The Morgan fingerprint density at radius 2 is 1.76 bits per heavy atom. The minimum absolute atomic E-state index is 0.0999. The van der Waals surface area contributed by atoms with Crippen molar-refractivity contribution in [1.29, 1.82) is 0 Å². The zero-order valence-corrected chi connectivity index (χ0v) is 18.9. The molecule has 0 spiro atoms. The van der Waals surface area contributed by atoms with E-state index in [1.807, 2.05) is 0 Å². The van der Waals surface area contributed by atoms with E-state index in [1.165, 1.54) is 18.2 Å². The number of aromatic nitrogens is 1. The molecule has 184 valence electrons. The minimum Gasteiger partial charge on any atom is -0.394 e. The first-order valence-electron chi connectivity index (χ1n) is 9.09. The molecule has 14 nitrogen and oxygen atoms in total. The second-order valence-electron chi connectivity index (χ2n) is 6.92. The number of thioether (sulfide) groups is 1. The number of benzene rings is 1. The monoisotopic (exact) mass is 528 g/mol. The normalized spacial score (nSPS) is 27.1. The summed E-state index contributed by atoms with van der Waals surface area (Å²) >= 11 is 0.533. The van der Waals surface area contributed by atoms with Gasteiger partial charge in [0.25, 0.3) is 0 Å². The Balaban J connectivity index is 1.98. The summed E-state index contributed by atoms with van der Waals surface area (Å²) in [6.45, 7) is -0.710. The molecule has 17 heteroatoms. The van der Waals surface area contributed by atoms with Gasteiger partial charge in [0.1, 0.15) is 34.9 Å². The molecule has 0 amide bonds. The van der Waals surface area contributed by atoms with Crippen LogP contribution in [-0.4, -0.2) is 91.8 Å². The van der Waals surface area contributed by atoms with Crippen molar-refractivity contribution in [3.8, 4) is 0 Å². The summed E-state index contributed by atoms with van der Waals surface area (Å²) in [4.78, 5) is 0. The van der Waals surface area contributed by atoms with Crippen molar-refractivity contribution in [2.24, 2.45) is 5.16 Å². The largest absolute Gasteiger partial charge is 0.466 e. The smallest absolute Gasteiger partial charge is 0.394 e. The van der Waals surface area contributed by atoms with Crippen LogP contribution in [0, 0.1) is 0 Å². The zero-order chi connectivity index (χ0) is 24.6. The third-order valence-corrected chi connectivity index (χ3v) is 6.86. The van der Waals surface area contributed by atoms with Crippen LogP contribution in [0.25, 0.3) is 10.9 Å². The molecule has 1 aromatic carbocycles. The highest BCUT2D eigenvalue weighted by Gasteiger charge is 2.44. The van der Waals surface area contributed by atoms with E-state index in [0.717, 1.165) is 6.20 Å². The predicted octanol–water partition coefficient (Wildman–Crippen LogP) is -1.50. The molecule has 2 heterocycles. The number of nitrogens with zero attached hydrogens (tertiary/aromatic N) is 2. The molecular formula is C16H20N2O12S3. The van der Waals surface area contributed by atoms with E-state index in [1.54, 1.807) is 6.07 Å². The first-order valence-corrected chi connectivity index (χ1v) is 12.7. The Labute approximate surface area is 191 Å². The summed E-state index contributed by atoms with van der Waals surface area (Å²) in [6, 6.07) is 6.03. The molecule has 33 heavy (non-hydrogen) atoms. The number of oxime groups is 1. The average molecular weight is 529 g/mol. The van der Waals surface area contributed by atoms with Crippen molar-refractivity contribution in [2.75, 3.05) is 6.61 Å². The first-order chi connectivity index (χ1) is 15.3. The van der Waals surface area contributed by atoms with Gasteiger partial charge in [-0.2, -0.15) is 16.8 Å². The Bertz CT molecular complexity index is 1240. The van der Waals surface area contributed by atoms with Gasteiger partial charge in [-0.3, -0.25) is 9.11 Å². The van der Waals surface area contributed by atoms with E-state index < -0.39 is 57.2 Å². The third-order valence-electron chi connectivity index (χ3n) is 4.68. The number of ether oxygens (including phenoxy) is 1. The van der Waals surface area contributed by atoms with Crippen molar-refractivity contribution >= 4 is 48.4 Å². The number of aliphatic hydroxyl groups excluding tert-OH is 4. The fourth-order valence-corrected chi connectivity index (χ4v) is 5.18. The van der Waals surface area contributed by atoms with E-state index in [-0.39, 0.29) is 22.5 Å². The summed E-state index contributed by atoms with van der Waals surface area (Å²) in [7, 11) is -9.73. The van der Waals surface area contributed by atoms with Crippen molar-refractivity contribution in [3.05, 3.63) is 36.0 Å². The Hall–Kier alpha value is -1.80. The van der Waals surface area contributed by atoms with Gasteiger partial charge < -0.3 is 25.2 Å². The van der Waals surface area contributed by atoms with Crippen LogP contribution in [0.15, 0.2) is 35.6 Å². The molecule has 1 aliphatic rings. The van der Waals surface area contributed by atoms with E-state index in [4.69, 9.17) is 9.29 Å². The molecule has 6 N–H and O–H groups in total. The summed E-state index contributed by atoms with van der Waals surface area (Å²) < 4.78 is 73.8. The van der Waals surface area contributed by atoms with Gasteiger partial charge >= 0.3 is 20.7 Å². The molecule has 5 atom stereocenters.